The standard InChI is InChI=1S/C22H25ClN4O/c1-25-11-13-26(14-12-25)16-18-15-21(28)27(20-5-3-2-4-6-20)24-22(18)17-7-9-19(23)10-8-17/h2-10,18H,11-16H2,1H3. The summed E-state index contributed by atoms with van der Waals surface area (Å²) in [6.45, 7) is 5.02. The van der Waals surface area contributed by atoms with Crippen LogP contribution >= 0.6 is 11.6 Å². The van der Waals surface area contributed by atoms with Crippen LogP contribution in [0.25, 0.3) is 0 Å². The average molecular weight is 397 g/mol. The molecule has 0 radical (unpaired) electrons. The highest BCUT2D eigenvalue weighted by Crippen LogP contribution is 2.27. The smallest absolute Gasteiger partial charge is 0.248 e. The molecule has 1 atom stereocenters. The Hall–Kier alpha value is -2.21. The summed E-state index contributed by atoms with van der Waals surface area (Å²) in [7, 11) is 2.15. The number of likely N-dealkylation sites (N-methyl/N-ethyl adjacent to an activating group) is 1. The Morgan fingerprint density at radius 3 is 2.36 bits per heavy atom. The van der Waals surface area contributed by atoms with Gasteiger partial charge in [-0.1, -0.05) is 41.9 Å². The van der Waals surface area contributed by atoms with Crippen molar-refractivity contribution in [2.24, 2.45) is 11.0 Å². The number of nitrogens with zero attached hydrogens (tertiary/aromatic N) is 4. The Bertz CT molecular complexity index is 845. The third-order valence-electron chi connectivity index (χ3n) is 5.47. The van der Waals surface area contributed by atoms with Gasteiger partial charge in [-0.05, 0) is 36.9 Å². The Labute approximate surface area is 171 Å². The molecule has 1 saturated heterocycles. The monoisotopic (exact) mass is 396 g/mol. The normalized spacial score (nSPS) is 21.6. The number of hydrogen-bond donors (Lipinski definition) is 0. The molecule has 1 unspecified atom stereocenters. The number of halogens is 1. The SMILES string of the molecule is CN1CCN(CC2CC(=O)N(c3ccccc3)N=C2c2ccc(Cl)cc2)CC1. The zero-order valence-corrected chi connectivity index (χ0v) is 16.8. The van der Waals surface area contributed by atoms with Crippen LogP contribution < -0.4 is 5.01 Å². The lowest BCUT2D eigenvalue weighted by molar-refractivity contribution is -0.119. The topological polar surface area (TPSA) is 39.1 Å². The number of benzene rings is 2. The van der Waals surface area contributed by atoms with Crippen molar-refractivity contribution in [1.82, 2.24) is 9.80 Å². The fourth-order valence-electron chi connectivity index (χ4n) is 3.82. The maximum absolute atomic E-state index is 12.9. The van der Waals surface area contributed by atoms with Gasteiger partial charge in [0.15, 0.2) is 0 Å². The van der Waals surface area contributed by atoms with Crippen LogP contribution in [0.5, 0.6) is 0 Å². The van der Waals surface area contributed by atoms with Crippen LogP contribution in [0.2, 0.25) is 5.02 Å². The second kappa shape index (κ2) is 8.43. The van der Waals surface area contributed by atoms with Gasteiger partial charge in [0, 0.05) is 50.1 Å². The number of hydrogen-bond acceptors (Lipinski definition) is 4. The van der Waals surface area contributed by atoms with E-state index in [9.17, 15) is 4.79 Å². The highest BCUT2D eigenvalue weighted by Gasteiger charge is 2.32. The Morgan fingerprint density at radius 1 is 1.00 bits per heavy atom. The zero-order valence-electron chi connectivity index (χ0n) is 16.1. The summed E-state index contributed by atoms with van der Waals surface area (Å²) in [5.41, 5.74) is 2.79. The van der Waals surface area contributed by atoms with Crippen molar-refractivity contribution >= 4 is 28.9 Å². The number of hydrazone groups is 1. The van der Waals surface area contributed by atoms with E-state index >= 15 is 0 Å². The van der Waals surface area contributed by atoms with E-state index in [1.807, 2.05) is 54.6 Å². The summed E-state index contributed by atoms with van der Waals surface area (Å²) in [4.78, 5) is 17.7. The zero-order chi connectivity index (χ0) is 19.5. The van der Waals surface area contributed by atoms with Crippen molar-refractivity contribution in [3.05, 3.63) is 65.2 Å². The summed E-state index contributed by atoms with van der Waals surface area (Å²) < 4.78 is 0. The number of anilines is 1. The summed E-state index contributed by atoms with van der Waals surface area (Å²) in [5.74, 6) is 0.125. The summed E-state index contributed by atoms with van der Waals surface area (Å²) in [5, 5.41) is 7.06. The van der Waals surface area contributed by atoms with E-state index < -0.39 is 0 Å². The van der Waals surface area contributed by atoms with Crippen LogP contribution in [0, 0.1) is 5.92 Å². The van der Waals surface area contributed by atoms with Gasteiger partial charge in [-0.2, -0.15) is 5.10 Å². The number of carbonyl (C=O) groups excluding carboxylic acids is 1. The van der Waals surface area contributed by atoms with Crippen LogP contribution in [0.3, 0.4) is 0 Å². The van der Waals surface area contributed by atoms with Crippen LogP contribution in [-0.2, 0) is 4.79 Å². The van der Waals surface area contributed by atoms with Gasteiger partial charge in [0.2, 0.25) is 5.91 Å². The van der Waals surface area contributed by atoms with E-state index in [4.69, 9.17) is 16.7 Å². The number of carbonyl (C=O) groups is 1. The molecule has 0 saturated carbocycles. The quantitative estimate of drug-likeness (QED) is 0.795. The maximum Gasteiger partial charge on any atom is 0.248 e. The molecular formula is C22H25ClN4O. The van der Waals surface area contributed by atoms with Crippen molar-refractivity contribution in [2.75, 3.05) is 44.8 Å². The summed E-state index contributed by atoms with van der Waals surface area (Å²) >= 11 is 6.09. The second-order valence-electron chi connectivity index (χ2n) is 7.54. The molecule has 4 rings (SSSR count). The molecule has 2 aromatic rings. The number of para-hydroxylation sites is 1. The van der Waals surface area contributed by atoms with Gasteiger partial charge in [0.25, 0.3) is 0 Å². The van der Waals surface area contributed by atoms with E-state index in [0.717, 1.165) is 49.7 Å². The first kappa shape index (κ1) is 19.1. The second-order valence-corrected chi connectivity index (χ2v) is 7.97. The third-order valence-corrected chi connectivity index (χ3v) is 5.72. The molecule has 0 aromatic heterocycles. The molecule has 5 nitrogen and oxygen atoms in total. The highest BCUT2D eigenvalue weighted by molar-refractivity contribution is 6.30. The first-order valence-electron chi connectivity index (χ1n) is 9.73. The predicted molar refractivity (Wildman–Crippen MR) is 114 cm³/mol. The molecule has 2 aliphatic rings. The fourth-order valence-corrected chi connectivity index (χ4v) is 3.94. The molecule has 0 spiro atoms. The van der Waals surface area contributed by atoms with Gasteiger partial charge >= 0.3 is 0 Å². The molecule has 1 amide bonds. The van der Waals surface area contributed by atoms with E-state index in [-0.39, 0.29) is 11.8 Å². The van der Waals surface area contributed by atoms with Crippen LogP contribution in [0.1, 0.15) is 12.0 Å². The van der Waals surface area contributed by atoms with Crippen LogP contribution in [-0.4, -0.2) is 61.2 Å². The molecule has 2 heterocycles. The Balaban J connectivity index is 1.64. The van der Waals surface area contributed by atoms with Gasteiger partial charge in [0.05, 0.1) is 11.4 Å². The molecule has 6 heteroatoms. The summed E-state index contributed by atoms with van der Waals surface area (Å²) in [6, 6.07) is 17.4. The molecule has 1 fully saturated rings. The lowest BCUT2D eigenvalue weighted by atomic mass is 9.91. The number of amides is 1. The van der Waals surface area contributed by atoms with E-state index in [1.165, 1.54) is 0 Å². The molecule has 0 N–H and O–H groups in total. The van der Waals surface area contributed by atoms with Crippen LogP contribution in [0.4, 0.5) is 5.69 Å². The molecular weight excluding hydrogens is 372 g/mol. The minimum Gasteiger partial charge on any atom is -0.304 e. The van der Waals surface area contributed by atoms with Gasteiger partial charge in [-0.15, -0.1) is 0 Å². The highest BCUT2D eigenvalue weighted by atomic mass is 35.5. The first-order valence-corrected chi connectivity index (χ1v) is 10.1. The number of piperazine rings is 1. The van der Waals surface area contributed by atoms with Crippen molar-refractivity contribution in [2.45, 2.75) is 6.42 Å². The Kier molecular flexibility index (Phi) is 5.76. The van der Waals surface area contributed by atoms with Crippen molar-refractivity contribution in [3.8, 4) is 0 Å². The van der Waals surface area contributed by atoms with E-state index in [0.29, 0.717) is 11.4 Å². The van der Waals surface area contributed by atoms with Crippen molar-refractivity contribution < 1.29 is 4.79 Å². The van der Waals surface area contributed by atoms with Gasteiger partial charge < -0.3 is 9.80 Å². The lowest BCUT2D eigenvalue weighted by Gasteiger charge is -2.37. The lowest BCUT2D eigenvalue weighted by Crippen LogP contribution is -2.49. The largest absolute Gasteiger partial charge is 0.304 e. The number of rotatable bonds is 4. The van der Waals surface area contributed by atoms with Gasteiger partial charge in [-0.25, -0.2) is 5.01 Å². The average Bonchev–Trinajstić information content (AvgIpc) is 2.71. The molecule has 2 aliphatic heterocycles. The first-order chi connectivity index (χ1) is 13.6. The van der Waals surface area contributed by atoms with Crippen molar-refractivity contribution in [1.29, 1.82) is 0 Å². The fraction of sp³-hybridized carbons (Fsp3) is 0.364. The molecule has 146 valence electrons. The third kappa shape index (κ3) is 4.27. The molecule has 2 aromatic carbocycles. The van der Waals surface area contributed by atoms with Gasteiger partial charge in [-0.3, -0.25) is 4.79 Å². The molecule has 0 bridgehead atoms. The molecule has 0 aliphatic carbocycles. The van der Waals surface area contributed by atoms with E-state index in [1.54, 1.807) is 5.01 Å². The van der Waals surface area contributed by atoms with Crippen LogP contribution in [0.15, 0.2) is 59.7 Å². The maximum atomic E-state index is 12.9. The van der Waals surface area contributed by atoms with E-state index in [2.05, 4.69) is 16.8 Å². The predicted octanol–water partition coefficient (Wildman–Crippen LogP) is 3.34. The minimum atomic E-state index is 0.0445. The van der Waals surface area contributed by atoms with Crippen molar-refractivity contribution in [3.63, 3.8) is 0 Å². The van der Waals surface area contributed by atoms with Gasteiger partial charge in [0.1, 0.15) is 0 Å². The minimum absolute atomic E-state index is 0.0445. The Morgan fingerprint density at radius 2 is 1.68 bits per heavy atom. The summed E-state index contributed by atoms with van der Waals surface area (Å²) in [6.07, 6.45) is 0.461. The molecule has 28 heavy (non-hydrogen) atoms.